The Morgan fingerprint density at radius 3 is 2.51 bits per heavy atom. The van der Waals surface area contributed by atoms with Gasteiger partial charge in [-0.05, 0) is 46.5 Å². The lowest BCUT2D eigenvalue weighted by molar-refractivity contribution is -0.116. The predicted molar refractivity (Wildman–Crippen MR) is 135 cm³/mol. The summed E-state index contributed by atoms with van der Waals surface area (Å²) in [5.74, 6) is -1.20. The van der Waals surface area contributed by atoms with Crippen LogP contribution in [0.25, 0.3) is 16.5 Å². The van der Waals surface area contributed by atoms with Gasteiger partial charge in [0.05, 0.1) is 17.1 Å². The molecule has 0 radical (unpaired) electrons. The summed E-state index contributed by atoms with van der Waals surface area (Å²) in [7, 11) is 0. The molecular formula is C31H20O4. The number of fused-ring (bicyclic) bond motifs is 6. The van der Waals surface area contributed by atoms with Crippen LogP contribution in [0.1, 0.15) is 33.0 Å². The maximum Gasteiger partial charge on any atom is 0.198 e. The zero-order valence-corrected chi connectivity index (χ0v) is 18.7. The van der Waals surface area contributed by atoms with E-state index >= 15 is 0 Å². The molecule has 0 aromatic heterocycles. The van der Waals surface area contributed by atoms with E-state index in [-0.39, 0.29) is 34.3 Å². The maximum atomic E-state index is 13.0. The van der Waals surface area contributed by atoms with Gasteiger partial charge in [-0.25, -0.2) is 0 Å². The van der Waals surface area contributed by atoms with E-state index in [9.17, 15) is 19.5 Å². The summed E-state index contributed by atoms with van der Waals surface area (Å²) >= 11 is 0. The predicted octanol–water partition coefficient (Wildman–Crippen LogP) is 5.76. The number of ketones is 3. The highest BCUT2D eigenvalue weighted by Crippen LogP contribution is 2.42. The summed E-state index contributed by atoms with van der Waals surface area (Å²) in [6.45, 7) is 0. The average Bonchev–Trinajstić information content (AvgIpc) is 3.28. The van der Waals surface area contributed by atoms with Gasteiger partial charge in [0.25, 0.3) is 0 Å². The summed E-state index contributed by atoms with van der Waals surface area (Å²) in [4.78, 5) is 38.9. The minimum atomic E-state index is -0.519. The molecule has 3 aromatic rings. The molecule has 0 bridgehead atoms. The Kier molecular flexibility index (Phi) is 4.82. The van der Waals surface area contributed by atoms with Crippen molar-refractivity contribution in [1.29, 1.82) is 0 Å². The molecule has 35 heavy (non-hydrogen) atoms. The average molecular weight is 456 g/mol. The van der Waals surface area contributed by atoms with Crippen LogP contribution in [0.15, 0.2) is 114 Å². The van der Waals surface area contributed by atoms with E-state index in [1.54, 1.807) is 30.4 Å². The van der Waals surface area contributed by atoms with Crippen molar-refractivity contribution in [2.75, 3.05) is 0 Å². The quantitative estimate of drug-likeness (QED) is 0.309. The van der Waals surface area contributed by atoms with Gasteiger partial charge in [0, 0.05) is 16.7 Å². The van der Waals surface area contributed by atoms with Gasteiger partial charge in [0.15, 0.2) is 17.3 Å². The van der Waals surface area contributed by atoms with E-state index in [4.69, 9.17) is 0 Å². The number of Topliss-reactive ketones (excluding diaryl/α,β-unsaturated/α-hetero) is 3. The van der Waals surface area contributed by atoms with Gasteiger partial charge >= 0.3 is 0 Å². The number of carbonyl (C=O) groups is 3. The maximum absolute atomic E-state index is 13.0. The normalized spacial score (nSPS) is 20.3. The Hall–Kier alpha value is -4.57. The first-order valence-electron chi connectivity index (χ1n) is 11.5. The molecule has 1 unspecified atom stereocenters. The number of hydrogen-bond donors (Lipinski definition) is 1. The summed E-state index contributed by atoms with van der Waals surface area (Å²) in [6, 6.07) is 19.0. The topological polar surface area (TPSA) is 71.4 Å². The molecule has 0 aliphatic heterocycles. The number of rotatable bonds is 3. The van der Waals surface area contributed by atoms with Crippen LogP contribution in [0.2, 0.25) is 0 Å². The number of hydrogen-bond acceptors (Lipinski definition) is 4. The molecule has 4 heteroatoms. The van der Waals surface area contributed by atoms with Gasteiger partial charge in [-0.2, -0.15) is 0 Å². The van der Waals surface area contributed by atoms with Crippen molar-refractivity contribution in [2.24, 2.45) is 0 Å². The summed E-state index contributed by atoms with van der Waals surface area (Å²) in [5.41, 5.74) is 3.95. The van der Waals surface area contributed by atoms with Crippen LogP contribution >= 0.6 is 0 Å². The molecular weight excluding hydrogens is 436 g/mol. The molecule has 3 aliphatic rings. The molecule has 3 aromatic carbocycles. The van der Waals surface area contributed by atoms with Gasteiger partial charge in [-0.1, -0.05) is 78.9 Å². The molecule has 4 nitrogen and oxygen atoms in total. The Balaban J connectivity index is 1.24. The smallest absolute Gasteiger partial charge is 0.198 e. The largest absolute Gasteiger partial charge is 0.507 e. The van der Waals surface area contributed by atoms with Crippen molar-refractivity contribution in [1.82, 2.24) is 0 Å². The first-order valence-corrected chi connectivity index (χ1v) is 11.5. The van der Waals surface area contributed by atoms with E-state index in [0.717, 1.165) is 21.9 Å². The highest BCUT2D eigenvalue weighted by molar-refractivity contribution is 6.36. The minimum absolute atomic E-state index is 0.0467. The van der Waals surface area contributed by atoms with E-state index in [1.807, 2.05) is 60.7 Å². The lowest BCUT2D eigenvalue weighted by Gasteiger charge is -2.18. The van der Waals surface area contributed by atoms with Crippen LogP contribution in [0.5, 0.6) is 0 Å². The molecule has 3 aliphatic carbocycles. The molecule has 1 atom stereocenters. The van der Waals surface area contributed by atoms with Crippen LogP contribution < -0.4 is 0 Å². The van der Waals surface area contributed by atoms with Crippen LogP contribution in [0.4, 0.5) is 0 Å². The lowest BCUT2D eigenvalue weighted by atomic mass is 9.83. The third kappa shape index (κ3) is 3.18. The zero-order valence-electron chi connectivity index (χ0n) is 18.7. The number of aliphatic hydroxyl groups excluding tert-OH is 1. The lowest BCUT2D eigenvalue weighted by Crippen LogP contribution is -2.13. The summed E-state index contributed by atoms with van der Waals surface area (Å²) in [5, 5.41) is 12.4. The van der Waals surface area contributed by atoms with Crippen molar-refractivity contribution in [3.8, 4) is 0 Å². The number of aliphatic hydroxyl groups is 1. The third-order valence-electron chi connectivity index (χ3n) is 6.91. The van der Waals surface area contributed by atoms with Gasteiger partial charge in [-0.15, -0.1) is 0 Å². The molecule has 1 N–H and O–H groups in total. The van der Waals surface area contributed by atoms with Crippen LogP contribution in [0, 0.1) is 0 Å². The highest BCUT2D eigenvalue weighted by Gasteiger charge is 2.43. The summed E-state index contributed by atoms with van der Waals surface area (Å²) in [6.07, 6.45) is 10.5. The van der Waals surface area contributed by atoms with Crippen molar-refractivity contribution in [3.63, 3.8) is 0 Å². The minimum Gasteiger partial charge on any atom is -0.507 e. The number of benzene rings is 3. The third-order valence-corrected chi connectivity index (χ3v) is 6.91. The van der Waals surface area contributed by atoms with Crippen molar-refractivity contribution in [2.45, 2.75) is 12.3 Å². The first kappa shape index (κ1) is 21.0. The van der Waals surface area contributed by atoms with Crippen molar-refractivity contribution >= 4 is 33.9 Å². The fourth-order valence-corrected chi connectivity index (χ4v) is 5.22. The standard InChI is InChI=1S/C31H20O4/c32-28-22-16-14-18-8-4-6-10-20(18)26(22)30(34)24(28)12-2-1-3-13-25-29(33)23-17-15-19-9-5-7-11-21(19)27(23)31(25)35/h1-14,16-17,27,32H,15H2. The summed E-state index contributed by atoms with van der Waals surface area (Å²) < 4.78 is 0. The fourth-order valence-electron chi connectivity index (χ4n) is 5.22. The molecule has 168 valence electrons. The van der Waals surface area contributed by atoms with Gasteiger partial charge in [0.1, 0.15) is 5.76 Å². The Morgan fingerprint density at radius 2 is 1.63 bits per heavy atom. The van der Waals surface area contributed by atoms with E-state index in [1.165, 1.54) is 6.08 Å². The van der Waals surface area contributed by atoms with E-state index < -0.39 is 5.92 Å². The molecule has 6 rings (SSSR count). The Bertz CT molecular complexity index is 1620. The van der Waals surface area contributed by atoms with Crippen molar-refractivity contribution in [3.05, 3.63) is 136 Å². The van der Waals surface area contributed by atoms with Crippen molar-refractivity contribution < 1.29 is 19.5 Å². The van der Waals surface area contributed by atoms with E-state index in [0.29, 0.717) is 23.1 Å². The first-order chi connectivity index (χ1) is 17.1. The molecule has 1 fully saturated rings. The molecule has 0 amide bonds. The van der Waals surface area contributed by atoms with Gasteiger partial charge < -0.3 is 5.11 Å². The second kappa shape index (κ2) is 8.03. The Labute approximate surface area is 201 Å². The second-order valence-corrected chi connectivity index (χ2v) is 8.81. The number of allylic oxidation sites excluding steroid dienone is 9. The molecule has 0 spiro atoms. The number of carbonyl (C=O) groups excluding carboxylic acids is 3. The van der Waals surface area contributed by atoms with Crippen LogP contribution in [-0.4, -0.2) is 22.5 Å². The van der Waals surface area contributed by atoms with Gasteiger partial charge in [0.2, 0.25) is 0 Å². The van der Waals surface area contributed by atoms with E-state index in [2.05, 4.69) is 0 Å². The fraction of sp³-hybridized carbons (Fsp3) is 0.0645. The second-order valence-electron chi connectivity index (χ2n) is 8.81. The SMILES string of the molecule is O=C1C(=CC=CC=CC2=C(O)c3ccc4ccccc4c3C2=O)C(=O)C2C1=CCc1ccccc12. The molecule has 1 saturated carbocycles. The monoisotopic (exact) mass is 456 g/mol. The van der Waals surface area contributed by atoms with Crippen LogP contribution in [-0.2, 0) is 16.0 Å². The van der Waals surface area contributed by atoms with Crippen LogP contribution in [0.3, 0.4) is 0 Å². The zero-order chi connectivity index (χ0) is 24.1. The highest BCUT2D eigenvalue weighted by atomic mass is 16.3. The molecule has 0 saturated heterocycles. The molecule has 0 heterocycles. The Morgan fingerprint density at radius 1 is 0.829 bits per heavy atom. The van der Waals surface area contributed by atoms with Gasteiger partial charge in [-0.3, -0.25) is 14.4 Å².